The maximum atomic E-state index is 12.8. The fourth-order valence-electron chi connectivity index (χ4n) is 4.34. The third kappa shape index (κ3) is 3.92. The summed E-state index contributed by atoms with van der Waals surface area (Å²) in [6.07, 6.45) is 1.52. The predicted molar refractivity (Wildman–Crippen MR) is 140 cm³/mol. The van der Waals surface area contributed by atoms with Crippen molar-refractivity contribution in [1.82, 2.24) is 19.3 Å². The lowest BCUT2D eigenvalue weighted by Gasteiger charge is -2.16. The number of carbonyl (C=O) groups is 1. The largest absolute Gasteiger partial charge is 0.465 e. The highest BCUT2D eigenvalue weighted by atomic mass is 16.5. The van der Waals surface area contributed by atoms with Gasteiger partial charge in [-0.15, -0.1) is 0 Å². The van der Waals surface area contributed by atoms with Gasteiger partial charge in [-0.1, -0.05) is 36.4 Å². The number of aryl methyl sites for hydroxylation is 3. The van der Waals surface area contributed by atoms with Crippen molar-refractivity contribution >= 4 is 28.4 Å². The fraction of sp³-hybridized carbons (Fsp3) is 0.143. The second kappa shape index (κ2) is 9.14. The monoisotopic (exact) mass is 479 g/mol. The van der Waals surface area contributed by atoms with Crippen molar-refractivity contribution in [3.05, 3.63) is 100 Å². The van der Waals surface area contributed by atoms with Crippen molar-refractivity contribution < 1.29 is 9.53 Å². The van der Waals surface area contributed by atoms with E-state index in [9.17, 15) is 9.59 Å². The molecule has 8 heteroatoms. The molecule has 0 atom stereocenters. The van der Waals surface area contributed by atoms with Gasteiger partial charge < -0.3 is 14.6 Å². The first-order valence-corrected chi connectivity index (χ1v) is 11.4. The molecule has 0 radical (unpaired) electrons. The van der Waals surface area contributed by atoms with Crippen molar-refractivity contribution in [3.8, 4) is 16.8 Å². The van der Waals surface area contributed by atoms with Crippen LogP contribution in [0.25, 0.3) is 27.7 Å². The average molecular weight is 480 g/mol. The summed E-state index contributed by atoms with van der Waals surface area (Å²) in [5.41, 5.74) is 5.78. The topological polar surface area (TPSA) is 91.0 Å². The number of rotatable bonds is 5. The lowest BCUT2D eigenvalue weighted by Crippen LogP contribution is -2.16. The van der Waals surface area contributed by atoms with Crippen molar-refractivity contribution in [3.63, 3.8) is 0 Å². The number of methoxy groups -OCH3 is 1. The molecule has 0 aliphatic heterocycles. The molecule has 2 heterocycles. The quantitative estimate of drug-likeness (QED) is 0.359. The summed E-state index contributed by atoms with van der Waals surface area (Å²) >= 11 is 0. The van der Waals surface area contributed by atoms with E-state index in [1.807, 2.05) is 73.1 Å². The van der Waals surface area contributed by atoms with Gasteiger partial charge in [-0.25, -0.2) is 14.5 Å². The number of anilines is 2. The Morgan fingerprint density at radius 2 is 1.75 bits per heavy atom. The van der Waals surface area contributed by atoms with Crippen LogP contribution in [0.1, 0.15) is 21.6 Å². The van der Waals surface area contributed by atoms with Crippen LogP contribution in [0.4, 0.5) is 11.5 Å². The SMILES string of the molecule is COC(=O)c1ccccc1Nc1c(-c2ccc3ncn(C)c(=O)c3c2)c(C)nn1-c1ccccc1C. The van der Waals surface area contributed by atoms with Crippen molar-refractivity contribution in [2.45, 2.75) is 13.8 Å². The summed E-state index contributed by atoms with van der Waals surface area (Å²) in [7, 11) is 3.04. The molecule has 2 aromatic heterocycles. The number of nitrogens with one attached hydrogen (secondary N) is 1. The van der Waals surface area contributed by atoms with Crippen molar-refractivity contribution in [2.24, 2.45) is 7.05 Å². The van der Waals surface area contributed by atoms with Crippen LogP contribution in [0.2, 0.25) is 0 Å². The number of fused-ring (bicyclic) bond motifs is 1. The summed E-state index contributed by atoms with van der Waals surface area (Å²) < 4.78 is 8.29. The number of aromatic nitrogens is 4. The van der Waals surface area contributed by atoms with Crippen LogP contribution in [-0.4, -0.2) is 32.4 Å². The molecule has 0 aliphatic rings. The molecular weight excluding hydrogens is 454 g/mol. The van der Waals surface area contributed by atoms with Gasteiger partial charge in [0.1, 0.15) is 5.82 Å². The fourth-order valence-corrected chi connectivity index (χ4v) is 4.34. The summed E-state index contributed by atoms with van der Waals surface area (Å²) in [5.74, 6) is 0.219. The summed E-state index contributed by atoms with van der Waals surface area (Å²) in [5, 5.41) is 8.83. The Labute approximate surface area is 207 Å². The summed E-state index contributed by atoms with van der Waals surface area (Å²) in [6.45, 7) is 3.94. The van der Waals surface area contributed by atoms with Crippen LogP contribution < -0.4 is 10.9 Å². The molecule has 8 nitrogen and oxygen atoms in total. The minimum Gasteiger partial charge on any atom is -0.465 e. The van der Waals surface area contributed by atoms with Gasteiger partial charge in [-0.3, -0.25) is 4.79 Å². The first-order valence-electron chi connectivity index (χ1n) is 11.4. The van der Waals surface area contributed by atoms with E-state index in [0.29, 0.717) is 28.0 Å². The van der Waals surface area contributed by atoms with E-state index in [-0.39, 0.29) is 5.56 Å². The summed E-state index contributed by atoms with van der Waals surface area (Å²) in [4.78, 5) is 29.7. The highest BCUT2D eigenvalue weighted by Crippen LogP contribution is 2.37. The maximum Gasteiger partial charge on any atom is 0.339 e. The van der Waals surface area contributed by atoms with Crippen LogP contribution in [-0.2, 0) is 11.8 Å². The zero-order chi connectivity index (χ0) is 25.4. The Morgan fingerprint density at radius 3 is 2.53 bits per heavy atom. The van der Waals surface area contributed by atoms with Crippen LogP contribution in [0.3, 0.4) is 0 Å². The molecule has 0 spiro atoms. The van der Waals surface area contributed by atoms with E-state index in [4.69, 9.17) is 9.84 Å². The van der Waals surface area contributed by atoms with E-state index in [1.54, 1.807) is 19.2 Å². The standard InChI is InChI=1S/C28H25N5O3/c1-17-9-5-8-12-24(17)33-26(30-23-11-7-6-10-20(23)28(35)36-4)25(18(2)31-33)19-13-14-22-21(15-19)27(34)32(3)16-29-22/h5-16,30H,1-4H3. The highest BCUT2D eigenvalue weighted by Gasteiger charge is 2.22. The van der Waals surface area contributed by atoms with Gasteiger partial charge in [-0.05, 0) is 55.3 Å². The highest BCUT2D eigenvalue weighted by molar-refractivity contribution is 5.97. The minimum atomic E-state index is -0.446. The number of carbonyl (C=O) groups excluding carboxylic acids is 1. The molecule has 0 saturated heterocycles. The molecule has 0 saturated carbocycles. The second-order valence-corrected chi connectivity index (χ2v) is 8.56. The van der Waals surface area contributed by atoms with E-state index < -0.39 is 5.97 Å². The van der Waals surface area contributed by atoms with Gasteiger partial charge in [0.2, 0.25) is 0 Å². The number of esters is 1. The molecule has 0 aliphatic carbocycles. The van der Waals surface area contributed by atoms with Crippen molar-refractivity contribution in [2.75, 3.05) is 12.4 Å². The van der Waals surface area contributed by atoms with E-state index in [2.05, 4.69) is 10.3 Å². The Morgan fingerprint density at radius 1 is 1.00 bits per heavy atom. The Bertz CT molecular complexity index is 1680. The van der Waals surface area contributed by atoms with E-state index in [1.165, 1.54) is 18.0 Å². The van der Waals surface area contributed by atoms with Gasteiger partial charge in [0, 0.05) is 12.6 Å². The van der Waals surface area contributed by atoms with Gasteiger partial charge in [0.25, 0.3) is 5.56 Å². The molecule has 5 rings (SSSR count). The van der Waals surface area contributed by atoms with E-state index >= 15 is 0 Å². The number of hydrogen-bond donors (Lipinski definition) is 1. The normalized spacial score (nSPS) is 11.0. The smallest absolute Gasteiger partial charge is 0.339 e. The number of nitrogens with zero attached hydrogens (tertiary/aromatic N) is 4. The summed E-state index contributed by atoms with van der Waals surface area (Å²) in [6, 6.07) is 20.7. The van der Waals surface area contributed by atoms with Gasteiger partial charge in [0.15, 0.2) is 0 Å². The zero-order valence-electron chi connectivity index (χ0n) is 20.4. The number of para-hydroxylation sites is 2. The first-order chi connectivity index (χ1) is 17.4. The maximum absolute atomic E-state index is 12.8. The lowest BCUT2D eigenvalue weighted by atomic mass is 10.0. The average Bonchev–Trinajstić information content (AvgIpc) is 3.21. The molecule has 0 unspecified atom stereocenters. The van der Waals surface area contributed by atoms with Crippen LogP contribution in [0.15, 0.2) is 77.9 Å². The molecule has 0 bridgehead atoms. The predicted octanol–water partition coefficient (Wildman–Crippen LogP) is 4.93. The van der Waals surface area contributed by atoms with Gasteiger partial charge in [0.05, 0.1) is 47.0 Å². The van der Waals surface area contributed by atoms with Crippen LogP contribution in [0.5, 0.6) is 0 Å². The minimum absolute atomic E-state index is 0.128. The Balaban J connectivity index is 1.77. The molecule has 36 heavy (non-hydrogen) atoms. The molecular formula is C28H25N5O3. The second-order valence-electron chi connectivity index (χ2n) is 8.56. The van der Waals surface area contributed by atoms with E-state index in [0.717, 1.165) is 28.1 Å². The molecule has 0 fully saturated rings. The van der Waals surface area contributed by atoms with Crippen LogP contribution >= 0.6 is 0 Å². The third-order valence-electron chi connectivity index (χ3n) is 6.20. The Kier molecular flexibility index (Phi) is 5.85. The molecule has 1 N–H and O–H groups in total. The number of benzene rings is 3. The molecule has 180 valence electrons. The molecule has 0 amide bonds. The number of hydrogen-bond acceptors (Lipinski definition) is 6. The zero-order valence-corrected chi connectivity index (χ0v) is 20.4. The van der Waals surface area contributed by atoms with Gasteiger partial charge in [-0.2, -0.15) is 5.10 Å². The van der Waals surface area contributed by atoms with Gasteiger partial charge >= 0.3 is 5.97 Å². The Hall–Kier alpha value is -4.72. The third-order valence-corrected chi connectivity index (χ3v) is 6.20. The molecule has 5 aromatic rings. The number of ether oxygens (including phenoxy) is 1. The van der Waals surface area contributed by atoms with Crippen molar-refractivity contribution in [1.29, 1.82) is 0 Å². The lowest BCUT2D eigenvalue weighted by molar-refractivity contribution is 0.0602. The van der Waals surface area contributed by atoms with Crippen LogP contribution in [0, 0.1) is 13.8 Å². The first kappa shape index (κ1) is 23.0. The molecule has 3 aromatic carbocycles.